The van der Waals surface area contributed by atoms with E-state index in [9.17, 15) is 8.42 Å². The van der Waals surface area contributed by atoms with Crippen molar-refractivity contribution in [2.45, 2.75) is 0 Å². The van der Waals surface area contributed by atoms with E-state index in [0.29, 0.717) is 5.69 Å². The van der Waals surface area contributed by atoms with E-state index in [1.54, 1.807) is 18.3 Å². The summed E-state index contributed by atoms with van der Waals surface area (Å²) in [5.74, 6) is -0.0578. The first kappa shape index (κ1) is 14.0. The summed E-state index contributed by atoms with van der Waals surface area (Å²) in [6.45, 7) is 0.173. The minimum absolute atomic E-state index is 0.0578. The highest BCUT2D eigenvalue weighted by Crippen LogP contribution is 2.23. The first-order valence-corrected chi connectivity index (χ1v) is 8.13. The minimum atomic E-state index is -3.35. The van der Waals surface area contributed by atoms with Crippen LogP contribution in [0.15, 0.2) is 35.8 Å². The number of hydrogen-bond donors (Lipinski definition) is 1. The van der Waals surface area contributed by atoms with Gasteiger partial charge in [-0.3, -0.25) is 4.72 Å². The van der Waals surface area contributed by atoms with Crippen molar-refractivity contribution >= 4 is 27.0 Å². The fraction of sp³-hybridized carbons (Fsp3) is 0.250. The van der Waals surface area contributed by atoms with E-state index in [1.807, 2.05) is 17.5 Å². The van der Waals surface area contributed by atoms with Gasteiger partial charge in [0, 0.05) is 29.9 Å². The fourth-order valence-electron chi connectivity index (χ4n) is 1.47. The van der Waals surface area contributed by atoms with Crippen molar-refractivity contribution in [2.75, 3.05) is 24.2 Å². The molecule has 0 aliphatic rings. The van der Waals surface area contributed by atoms with Crippen LogP contribution in [0.5, 0.6) is 0 Å². The number of benzene rings is 1. The van der Waals surface area contributed by atoms with Crippen LogP contribution in [0.3, 0.4) is 0 Å². The van der Waals surface area contributed by atoms with Crippen LogP contribution >= 0.6 is 11.3 Å². The molecule has 0 fully saturated rings. The zero-order valence-electron chi connectivity index (χ0n) is 10.4. The fourth-order valence-corrected chi connectivity index (χ4v) is 3.10. The zero-order valence-corrected chi connectivity index (χ0v) is 12.0. The van der Waals surface area contributed by atoms with Gasteiger partial charge in [0.25, 0.3) is 0 Å². The van der Waals surface area contributed by atoms with Gasteiger partial charge in [-0.2, -0.15) is 0 Å². The molecular formula is C12H14N2O3S2. The Bertz CT molecular complexity index is 607. The Morgan fingerprint density at radius 1 is 1.32 bits per heavy atom. The SMILES string of the molecule is COCCS(=O)(=O)Nc1ccc(-c2nccs2)cc1. The first-order valence-electron chi connectivity index (χ1n) is 5.60. The molecule has 2 rings (SSSR count). The van der Waals surface area contributed by atoms with E-state index in [1.165, 1.54) is 18.4 Å². The normalized spacial score (nSPS) is 11.4. The second-order valence-electron chi connectivity index (χ2n) is 3.83. The predicted octanol–water partition coefficient (Wildman–Crippen LogP) is 2.20. The second-order valence-corrected chi connectivity index (χ2v) is 6.56. The molecule has 2 aromatic rings. The molecule has 0 aliphatic carbocycles. The van der Waals surface area contributed by atoms with Gasteiger partial charge in [0.05, 0.1) is 12.4 Å². The summed E-state index contributed by atoms with van der Waals surface area (Å²) in [4.78, 5) is 4.19. The Balaban J connectivity index is 2.07. The molecule has 5 nitrogen and oxygen atoms in total. The summed E-state index contributed by atoms with van der Waals surface area (Å²) in [6, 6.07) is 7.13. The average Bonchev–Trinajstić information content (AvgIpc) is 2.91. The third kappa shape index (κ3) is 4.02. The van der Waals surface area contributed by atoms with Crippen LogP contribution in [0.2, 0.25) is 0 Å². The predicted molar refractivity (Wildman–Crippen MR) is 76.8 cm³/mol. The van der Waals surface area contributed by atoms with Crippen molar-refractivity contribution in [1.29, 1.82) is 0 Å². The largest absolute Gasteiger partial charge is 0.384 e. The standard InChI is InChI=1S/C12H14N2O3S2/c1-17-7-9-19(15,16)14-11-4-2-10(3-5-11)12-13-6-8-18-12/h2-6,8,14H,7,9H2,1H3. The molecule has 0 aliphatic heterocycles. The summed E-state index contributed by atoms with van der Waals surface area (Å²) in [7, 11) is -1.88. The van der Waals surface area contributed by atoms with Crippen LogP contribution in [0.25, 0.3) is 10.6 Å². The molecule has 1 heterocycles. The van der Waals surface area contributed by atoms with Gasteiger partial charge < -0.3 is 4.74 Å². The van der Waals surface area contributed by atoms with Crippen LogP contribution < -0.4 is 4.72 Å². The van der Waals surface area contributed by atoms with Crippen LogP contribution in [0.4, 0.5) is 5.69 Å². The molecule has 0 bridgehead atoms. The van der Waals surface area contributed by atoms with Gasteiger partial charge in [-0.25, -0.2) is 13.4 Å². The lowest BCUT2D eigenvalue weighted by molar-refractivity contribution is 0.217. The van der Waals surface area contributed by atoms with Gasteiger partial charge in [-0.05, 0) is 24.3 Å². The molecule has 19 heavy (non-hydrogen) atoms. The highest BCUT2D eigenvalue weighted by atomic mass is 32.2. The van der Waals surface area contributed by atoms with Crippen molar-refractivity contribution in [3.8, 4) is 10.6 Å². The molecular weight excluding hydrogens is 284 g/mol. The molecule has 0 unspecified atom stereocenters. The number of aromatic nitrogens is 1. The smallest absolute Gasteiger partial charge is 0.234 e. The Hall–Kier alpha value is -1.44. The summed E-state index contributed by atoms with van der Waals surface area (Å²) in [5, 5.41) is 2.81. The number of hydrogen-bond acceptors (Lipinski definition) is 5. The Morgan fingerprint density at radius 2 is 2.05 bits per heavy atom. The van der Waals surface area contributed by atoms with E-state index < -0.39 is 10.0 Å². The number of nitrogens with zero attached hydrogens (tertiary/aromatic N) is 1. The van der Waals surface area contributed by atoms with Crippen molar-refractivity contribution in [3.63, 3.8) is 0 Å². The molecule has 0 amide bonds. The molecule has 1 aromatic heterocycles. The number of ether oxygens (including phenoxy) is 1. The maximum atomic E-state index is 11.7. The monoisotopic (exact) mass is 298 g/mol. The Labute approximate surface area is 116 Å². The number of thiazole rings is 1. The topological polar surface area (TPSA) is 68.3 Å². The van der Waals surface area contributed by atoms with Gasteiger partial charge in [0.2, 0.25) is 10.0 Å². The van der Waals surface area contributed by atoms with Gasteiger partial charge in [0.15, 0.2) is 0 Å². The van der Waals surface area contributed by atoms with Gasteiger partial charge >= 0.3 is 0 Å². The molecule has 1 aromatic carbocycles. The third-order valence-corrected chi connectivity index (χ3v) is 4.47. The van der Waals surface area contributed by atoms with Crippen LogP contribution in [0, 0.1) is 0 Å². The van der Waals surface area contributed by atoms with Crippen LogP contribution in [0.1, 0.15) is 0 Å². The van der Waals surface area contributed by atoms with Gasteiger partial charge in [0.1, 0.15) is 5.01 Å². The quantitative estimate of drug-likeness (QED) is 0.887. The molecule has 0 spiro atoms. The molecule has 0 saturated heterocycles. The molecule has 0 atom stereocenters. The van der Waals surface area contributed by atoms with E-state index in [-0.39, 0.29) is 12.4 Å². The lowest BCUT2D eigenvalue weighted by atomic mass is 10.2. The maximum absolute atomic E-state index is 11.7. The molecule has 102 valence electrons. The average molecular weight is 298 g/mol. The van der Waals surface area contributed by atoms with Crippen molar-refractivity contribution in [3.05, 3.63) is 35.8 Å². The van der Waals surface area contributed by atoms with Crippen LogP contribution in [-0.4, -0.2) is 32.9 Å². The van der Waals surface area contributed by atoms with Crippen molar-refractivity contribution in [1.82, 2.24) is 4.98 Å². The van der Waals surface area contributed by atoms with E-state index in [2.05, 4.69) is 9.71 Å². The first-order chi connectivity index (χ1) is 9.11. The van der Waals surface area contributed by atoms with E-state index >= 15 is 0 Å². The van der Waals surface area contributed by atoms with Crippen molar-refractivity contribution in [2.24, 2.45) is 0 Å². The lowest BCUT2D eigenvalue weighted by Crippen LogP contribution is -2.19. The summed E-state index contributed by atoms with van der Waals surface area (Å²) < 4.78 is 30.6. The Kier molecular flexibility index (Phi) is 4.52. The van der Waals surface area contributed by atoms with E-state index in [4.69, 9.17) is 4.74 Å². The number of methoxy groups -OCH3 is 1. The summed E-state index contributed by atoms with van der Waals surface area (Å²) in [5.41, 5.74) is 1.51. The molecule has 0 radical (unpaired) electrons. The summed E-state index contributed by atoms with van der Waals surface area (Å²) >= 11 is 1.54. The highest BCUT2D eigenvalue weighted by Gasteiger charge is 2.10. The number of nitrogens with one attached hydrogen (secondary N) is 1. The highest BCUT2D eigenvalue weighted by molar-refractivity contribution is 7.92. The molecule has 7 heteroatoms. The van der Waals surface area contributed by atoms with Crippen molar-refractivity contribution < 1.29 is 13.2 Å². The molecule has 1 N–H and O–H groups in total. The van der Waals surface area contributed by atoms with Gasteiger partial charge in [-0.1, -0.05) is 0 Å². The number of sulfonamides is 1. The molecule has 0 saturated carbocycles. The van der Waals surface area contributed by atoms with Crippen LogP contribution in [-0.2, 0) is 14.8 Å². The second kappa shape index (κ2) is 6.14. The third-order valence-electron chi connectivity index (χ3n) is 2.39. The maximum Gasteiger partial charge on any atom is 0.234 e. The lowest BCUT2D eigenvalue weighted by Gasteiger charge is -2.07. The van der Waals surface area contributed by atoms with E-state index in [0.717, 1.165) is 10.6 Å². The number of rotatable bonds is 6. The number of anilines is 1. The zero-order chi connectivity index (χ0) is 13.7. The summed E-state index contributed by atoms with van der Waals surface area (Å²) in [6.07, 6.45) is 1.74. The minimum Gasteiger partial charge on any atom is -0.384 e. The van der Waals surface area contributed by atoms with Gasteiger partial charge in [-0.15, -0.1) is 11.3 Å². The Morgan fingerprint density at radius 3 is 2.63 bits per heavy atom.